The van der Waals surface area contributed by atoms with E-state index in [-0.39, 0.29) is 24.3 Å². The molecule has 0 aliphatic rings. The van der Waals surface area contributed by atoms with Gasteiger partial charge in [-0.3, -0.25) is 0 Å². The van der Waals surface area contributed by atoms with Gasteiger partial charge in [0.2, 0.25) is 0 Å². The first-order valence-electron chi connectivity index (χ1n) is 8.10. The molecule has 0 saturated heterocycles. The van der Waals surface area contributed by atoms with Crippen LogP contribution in [0, 0.1) is 5.82 Å². The number of methoxy groups -OCH3 is 1. The van der Waals surface area contributed by atoms with Gasteiger partial charge in [-0.05, 0) is 17.7 Å². The fourth-order valence-corrected chi connectivity index (χ4v) is 2.29. The van der Waals surface area contributed by atoms with Crippen LogP contribution < -0.4 is 5.32 Å². The summed E-state index contributed by atoms with van der Waals surface area (Å²) in [6.07, 6.45) is -3.87. The van der Waals surface area contributed by atoms with E-state index in [1.807, 2.05) is 6.07 Å². The Morgan fingerprint density at radius 2 is 1.85 bits per heavy atom. The summed E-state index contributed by atoms with van der Waals surface area (Å²) >= 11 is 0. The summed E-state index contributed by atoms with van der Waals surface area (Å²) in [6, 6.07) is 12.3. The molecule has 144 valence electrons. The zero-order chi connectivity index (χ0) is 19.8. The minimum absolute atomic E-state index is 0.0249. The molecule has 0 spiro atoms. The molecule has 8 heteroatoms. The molecule has 2 rings (SSSR count). The van der Waals surface area contributed by atoms with E-state index in [0.29, 0.717) is 0 Å². The molecule has 0 fully saturated rings. The molecule has 2 unspecified atom stereocenters. The summed E-state index contributed by atoms with van der Waals surface area (Å²) in [6.45, 7) is -0.304. The van der Waals surface area contributed by atoms with Gasteiger partial charge in [-0.15, -0.1) is 0 Å². The van der Waals surface area contributed by atoms with E-state index in [1.165, 1.54) is 12.1 Å². The van der Waals surface area contributed by atoms with Crippen LogP contribution >= 0.6 is 0 Å². The zero-order valence-corrected chi connectivity index (χ0v) is 14.6. The van der Waals surface area contributed by atoms with Crippen molar-refractivity contribution in [3.05, 3.63) is 71.0 Å². The maximum Gasteiger partial charge on any atom is 0.407 e. The van der Waals surface area contributed by atoms with Crippen LogP contribution in [-0.2, 0) is 16.1 Å². The molecule has 0 radical (unpaired) electrons. The standard InChI is InChI=1S/C19H20FNO6/c1-26-18(24)13-7-8-14(15(20)9-13)17(23)16(22)10-21-19(25)27-11-12-5-3-2-4-6-12/h2-9,16-17,22-23H,10-11H2,1H3,(H,21,25). The van der Waals surface area contributed by atoms with Gasteiger partial charge in [0, 0.05) is 12.1 Å². The number of alkyl carbamates (subject to hydrolysis) is 1. The van der Waals surface area contributed by atoms with Gasteiger partial charge in [-0.1, -0.05) is 36.4 Å². The summed E-state index contributed by atoms with van der Waals surface area (Å²) in [5.74, 6) is -1.60. The number of hydrogen-bond acceptors (Lipinski definition) is 6. The number of nitrogens with one attached hydrogen (secondary N) is 1. The number of carbonyl (C=O) groups excluding carboxylic acids is 2. The van der Waals surface area contributed by atoms with Crippen molar-refractivity contribution in [3.63, 3.8) is 0 Å². The summed E-state index contributed by atoms with van der Waals surface area (Å²) in [7, 11) is 1.16. The molecule has 2 atom stereocenters. The molecular formula is C19H20FNO6. The number of rotatable bonds is 7. The highest BCUT2D eigenvalue weighted by Crippen LogP contribution is 2.21. The molecular weight excluding hydrogens is 357 g/mol. The van der Waals surface area contributed by atoms with E-state index in [9.17, 15) is 24.2 Å². The number of aliphatic hydroxyl groups is 2. The lowest BCUT2D eigenvalue weighted by Gasteiger charge is -2.19. The Labute approximate surface area is 155 Å². The van der Waals surface area contributed by atoms with Gasteiger partial charge in [0.25, 0.3) is 0 Å². The molecule has 0 heterocycles. The number of esters is 1. The van der Waals surface area contributed by atoms with Crippen molar-refractivity contribution in [2.24, 2.45) is 0 Å². The number of carbonyl (C=O) groups is 2. The average Bonchev–Trinajstić information content (AvgIpc) is 2.69. The Bertz CT molecular complexity index is 783. The minimum atomic E-state index is -1.61. The Hall–Kier alpha value is -2.97. The van der Waals surface area contributed by atoms with E-state index in [0.717, 1.165) is 18.7 Å². The first kappa shape index (κ1) is 20.3. The Kier molecular flexibility index (Phi) is 7.27. The van der Waals surface area contributed by atoms with Crippen LogP contribution in [-0.4, -0.2) is 42.0 Å². The quantitative estimate of drug-likeness (QED) is 0.637. The lowest BCUT2D eigenvalue weighted by atomic mass is 10.0. The van der Waals surface area contributed by atoms with E-state index in [4.69, 9.17) is 4.74 Å². The predicted molar refractivity (Wildman–Crippen MR) is 93.3 cm³/mol. The highest BCUT2D eigenvalue weighted by atomic mass is 19.1. The average molecular weight is 377 g/mol. The van der Waals surface area contributed by atoms with Crippen LogP contribution in [0.4, 0.5) is 9.18 Å². The van der Waals surface area contributed by atoms with Crippen molar-refractivity contribution in [1.82, 2.24) is 5.32 Å². The third kappa shape index (κ3) is 5.77. The second kappa shape index (κ2) is 9.65. The Morgan fingerprint density at radius 1 is 1.15 bits per heavy atom. The van der Waals surface area contributed by atoms with Crippen molar-refractivity contribution >= 4 is 12.1 Å². The van der Waals surface area contributed by atoms with Crippen LogP contribution in [0.25, 0.3) is 0 Å². The first-order valence-corrected chi connectivity index (χ1v) is 8.10. The zero-order valence-electron chi connectivity index (χ0n) is 14.6. The van der Waals surface area contributed by atoms with Gasteiger partial charge in [0.1, 0.15) is 24.6 Å². The van der Waals surface area contributed by atoms with Gasteiger partial charge in [0.15, 0.2) is 0 Å². The maximum absolute atomic E-state index is 14.1. The molecule has 0 saturated carbocycles. The highest BCUT2D eigenvalue weighted by Gasteiger charge is 2.23. The number of aliphatic hydroxyl groups excluding tert-OH is 2. The largest absolute Gasteiger partial charge is 0.465 e. The first-order chi connectivity index (χ1) is 12.9. The SMILES string of the molecule is COC(=O)c1ccc(C(O)C(O)CNC(=O)OCc2ccccc2)c(F)c1. The Balaban J connectivity index is 1.87. The summed E-state index contributed by atoms with van der Waals surface area (Å²) in [4.78, 5) is 23.0. The lowest BCUT2D eigenvalue weighted by Crippen LogP contribution is -2.36. The second-order valence-electron chi connectivity index (χ2n) is 5.68. The van der Waals surface area contributed by atoms with Crippen LogP contribution in [0.5, 0.6) is 0 Å². The smallest absolute Gasteiger partial charge is 0.407 e. The van der Waals surface area contributed by atoms with Crippen molar-refractivity contribution in [2.45, 2.75) is 18.8 Å². The van der Waals surface area contributed by atoms with Crippen molar-refractivity contribution in [2.75, 3.05) is 13.7 Å². The van der Waals surface area contributed by atoms with Gasteiger partial charge in [-0.2, -0.15) is 0 Å². The number of halogens is 1. The molecule has 0 aliphatic carbocycles. The highest BCUT2D eigenvalue weighted by molar-refractivity contribution is 5.89. The fourth-order valence-electron chi connectivity index (χ4n) is 2.29. The number of ether oxygens (including phenoxy) is 2. The molecule has 3 N–H and O–H groups in total. The third-order valence-electron chi connectivity index (χ3n) is 3.77. The topological polar surface area (TPSA) is 105 Å². The lowest BCUT2D eigenvalue weighted by molar-refractivity contribution is 0.0163. The van der Waals surface area contributed by atoms with Crippen molar-refractivity contribution in [3.8, 4) is 0 Å². The van der Waals surface area contributed by atoms with E-state index >= 15 is 0 Å². The summed E-state index contributed by atoms with van der Waals surface area (Å²) in [5.41, 5.74) is 0.554. The van der Waals surface area contributed by atoms with Crippen LogP contribution in [0.2, 0.25) is 0 Å². The molecule has 7 nitrogen and oxygen atoms in total. The van der Waals surface area contributed by atoms with E-state index in [2.05, 4.69) is 10.1 Å². The van der Waals surface area contributed by atoms with Crippen LogP contribution in [0.3, 0.4) is 0 Å². The molecule has 27 heavy (non-hydrogen) atoms. The molecule has 0 bridgehead atoms. The third-order valence-corrected chi connectivity index (χ3v) is 3.77. The number of amides is 1. The second-order valence-corrected chi connectivity index (χ2v) is 5.68. The molecule has 2 aromatic rings. The van der Waals surface area contributed by atoms with Gasteiger partial charge < -0.3 is 25.0 Å². The minimum Gasteiger partial charge on any atom is -0.465 e. The number of benzene rings is 2. The molecule has 0 aromatic heterocycles. The van der Waals surface area contributed by atoms with Crippen LogP contribution in [0.1, 0.15) is 27.6 Å². The van der Waals surface area contributed by atoms with E-state index < -0.39 is 30.1 Å². The molecule has 1 amide bonds. The summed E-state index contributed by atoms with van der Waals surface area (Å²) in [5, 5.41) is 22.3. The van der Waals surface area contributed by atoms with E-state index in [1.54, 1.807) is 24.3 Å². The monoisotopic (exact) mass is 377 g/mol. The molecule has 2 aromatic carbocycles. The predicted octanol–water partition coefficient (Wildman–Crippen LogP) is 1.93. The van der Waals surface area contributed by atoms with Crippen molar-refractivity contribution < 1.29 is 33.7 Å². The van der Waals surface area contributed by atoms with Crippen LogP contribution in [0.15, 0.2) is 48.5 Å². The number of hydrogen-bond donors (Lipinski definition) is 3. The van der Waals surface area contributed by atoms with Gasteiger partial charge >= 0.3 is 12.1 Å². The Morgan fingerprint density at radius 3 is 2.48 bits per heavy atom. The van der Waals surface area contributed by atoms with Crippen molar-refractivity contribution in [1.29, 1.82) is 0 Å². The summed E-state index contributed by atoms with van der Waals surface area (Å²) < 4.78 is 23.5. The fraction of sp³-hybridized carbons (Fsp3) is 0.263. The molecule has 0 aliphatic heterocycles. The normalized spacial score (nSPS) is 12.7. The maximum atomic E-state index is 14.1. The van der Waals surface area contributed by atoms with Gasteiger partial charge in [0.05, 0.1) is 12.7 Å². The van der Waals surface area contributed by atoms with Gasteiger partial charge in [-0.25, -0.2) is 14.0 Å².